The molecule has 0 aliphatic carbocycles. The molecule has 0 unspecified atom stereocenters. The van der Waals surface area contributed by atoms with Crippen LogP contribution >= 0.6 is 0 Å². The molecule has 3 saturated heterocycles. The van der Waals surface area contributed by atoms with E-state index < -0.39 is 118 Å². The van der Waals surface area contributed by atoms with Crippen molar-refractivity contribution in [3.63, 3.8) is 0 Å². The number of nitrogens with one attached hydrogen (secondary N) is 1. The molecule has 0 spiro atoms. The van der Waals surface area contributed by atoms with Gasteiger partial charge in [0.05, 0.1) is 19.8 Å². The fourth-order valence-electron chi connectivity index (χ4n) is 4.46. The first-order valence-electron chi connectivity index (χ1n) is 11.6. The van der Waals surface area contributed by atoms with Crippen LogP contribution < -0.4 is 5.32 Å². The van der Waals surface area contributed by atoms with Crippen molar-refractivity contribution < 1.29 is 79.5 Å². The summed E-state index contributed by atoms with van der Waals surface area (Å²) < 4.78 is 26.9. The third-order valence-corrected chi connectivity index (χ3v) is 6.50. The molecule has 216 valence electrons. The number of hydrogen-bond acceptors (Lipinski definition) is 16. The van der Waals surface area contributed by atoms with Crippen molar-refractivity contribution in [1.82, 2.24) is 5.32 Å². The molecule has 15 atom stereocenters. The molecule has 0 radical (unpaired) electrons. The van der Waals surface area contributed by atoms with Gasteiger partial charge in [-0.3, -0.25) is 4.79 Å². The lowest BCUT2D eigenvalue weighted by Crippen LogP contribution is -2.68. The van der Waals surface area contributed by atoms with E-state index >= 15 is 0 Å². The van der Waals surface area contributed by atoms with Crippen LogP contribution in [0, 0.1) is 0 Å². The maximum Gasteiger partial charge on any atom is 0.217 e. The first-order valence-corrected chi connectivity index (χ1v) is 11.6. The SMILES string of the molecule is CC(=O)N[C@@H]1[C@@H](O)[C@H](O[C@@H]2O[C@H](CO)[C@H](O)[C@H](O[C@H]3O[C@H](CO)[C@H](O)[C@H](O)[C@H]3O)[C@H]2O)[C@@H](CO)O[C@H]1O. The van der Waals surface area contributed by atoms with E-state index in [-0.39, 0.29) is 0 Å². The Morgan fingerprint density at radius 1 is 0.649 bits per heavy atom. The molecule has 0 aromatic carbocycles. The van der Waals surface area contributed by atoms with Crippen molar-refractivity contribution in [1.29, 1.82) is 0 Å². The van der Waals surface area contributed by atoms with Gasteiger partial charge in [-0.1, -0.05) is 0 Å². The molecule has 11 N–H and O–H groups in total. The van der Waals surface area contributed by atoms with Crippen LogP contribution in [0.2, 0.25) is 0 Å². The maximum absolute atomic E-state index is 11.5. The number of amides is 1. The minimum atomic E-state index is -1.91. The van der Waals surface area contributed by atoms with E-state index in [0.717, 1.165) is 6.92 Å². The summed E-state index contributed by atoms with van der Waals surface area (Å²) in [7, 11) is 0. The number of hydrogen-bond donors (Lipinski definition) is 11. The smallest absolute Gasteiger partial charge is 0.217 e. The number of carbonyl (C=O) groups excluding carboxylic acids is 1. The summed E-state index contributed by atoms with van der Waals surface area (Å²) in [5.41, 5.74) is 0. The number of aliphatic hydroxyl groups is 10. The van der Waals surface area contributed by atoms with Gasteiger partial charge >= 0.3 is 0 Å². The topological polar surface area (TPSA) is 278 Å². The molecule has 3 aliphatic rings. The number of aliphatic hydroxyl groups excluding tert-OH is 10. The first-order chi connectivity index (χ1) is 17.4. The molecule has 37 heavy (non-hydrogen) atoms. The van der Waals surface area contributed by atoms with Gasteiger partial charge in [0.2, 0.25) is 5.91 Å². The summed E-state index contributed by atoms with van der Waals surface area (Å²) >= 11 is 0. The summed E-state index contributed by atoms with van der Waals surface area (Å²) in [5.74, 6) is -0.627. The molecule has 3 rings (SSSR count). The molecular formula is C20H35NO16. The van der Waals surface area contributed by atoms with Gasteiger partial charge in [0.15, 0.2) is 18.9 Å². The van der Waals surface area contributed by atoms with Gasteiger partial charge in [-0.2, -0.15) is 0 Å². The minimum absolute atomic E-state index is 0.627. The van der Waals surface area contributed by atoms with Gasteiger partial charge in [0.1, 0.15) is 73.2 Å². The van der Waals surface area contributed by atoms with Crippen molar-refractivity contribution in [2.45, 2.75) is 99.0 Å². The second kappa shape index (κ2) is 12.8. The second-order valence-electron chi connectivity index (χ2n) is 9.07. The highest BCUT2D eigenvalue weighted by atomic mass is 16.7. The zero-order valence-corrected chi connectivity index (χ0v) is 19.7. The average Bonchev–Trinajstić information content (AvgIpc) is 2.86. The Hall–Kier alpha value is -1.13. The van der Waals surface area contributed by atoms with Crippen LogP contribution in [0.5, 0.6) is 0 Å². The van der Waals surface area contributed by atoms with Gasteiger partial charge in [-0.05, 0) is 0 Å². The molecule has 0 bridgehead atoms. The molecule has 0 saturated carbocycles. The van der Waals surface area contributed by atoms with E-state index in [1.807, 2.05) is 0 Å². The molecule has 3 aliphatic heterocycles. The molecule has 0 aromatic rings. The van der Waals surface area contributed by atoms with Gasteiger partial charge in [-0.25, -0.2) is 0 Å². The van der Waals surface area contributed by atoms with Crippen LogP contribution in [0.3, 0.4) is 0 Å². The summed E-state index contributed by atoms with van der Waals surface area (Å²) in [6, 6.07) is -1.40. The number of ether oxygens (including phenoxy) is 5. The molecule has 1 amide bonds. The van der Waals surface area contributed by atoms with Crippen molar-refractivity contribution in [2.24, 2.45) is 0 Å². The third-order valence-electron chi connectivity index (χ3n) is 6.50. The molecule has 17 nitrogen and oxygen atoms in total. The van der Waals surface area contributed by atoms with Gasteiger partial charge in [0.25, 0.3) is 0 Å². The van der Waals surface area contributed by atoms with E-state index in [4.69, 9.17) is 23.7 Å². The van der Waals surface area contributed by atoms with E-state index in [2.05, 4.69) is 5.32 Å². The standard InChI is InChI=1S/C20H35NO16/c1-5(25)21-9-12(28)16(8(4-24)33-18(9)32)36-20-15(31)17(11(27)7(3-23)35-20)37-19-14(30)13(29)10(26)6(2-22)34-19/h6-20,22-24,26-32H,2-4H2,1H3,(H,21,25)/t6-,7-,8-,9-,10+,11+,12-,13+,14-,15-,16-,17+,18-,19-,20+/m1/s1. The fraction of sp³-hybridized carbons (Fsp3) is 0.950. The van der Waals surface area contributed by atoms with Crippen LogP contribution in [0.15, 0.2) is 0 Å². The monoisotopic (exact) mass is 545 g/mol. The van der Waals surface area contributed by atoms with Crippen molar-refractivity contribution in [3.8, 4) is 0 Å². The Morgan fingerprint density at radius 3 is 1.70 bits per heavy atom. The zero-order chi connectivity index (χ0) is 27.6. The lowest BCUT2D eigenvalue weighted by atomic mass is 9.95. The number of rotatable bonds is 8. The number of carbonyl (C=O) groups is 1. The van der Waals surface area contributed by atoms with E-state index in [1.54, 1.807) is 0 Å². The normalized spacial score (nSPS) is 49.0. The predicted octanol–water partition coefficient (Wildman–Crippen LogP) is -7.43. The Bertz CT molecular complexity index is 745. The lowest BCUT2D eigenvalue weighted by Gasteiger charge is -2.48. The van der Waals surface area contributed by atoms with E-state index in [0.29, 0.717) is 0 Å². The highest BCUT2D eigenvalue weighted by Gasteiger charge is 2.53. The Balaban J connectivity index is 1.80. The van der Waals surface area contributed by atoms with Gasteiger partial charge in [0, 0.05) is 6.92 Å². The fourth-order valence-corrected chi connectivity index (χ4v) is 4.46. The van der Waals surface area contributed by atoms with Crippen molar-refractivity contribution >= 4 is 5.91 Å². The summed E-state index contributed by atoms with van der Waals surface area (Å²) in [6.07, 6.45) is -23.4. The van der Waals surface area contributed by atoms with E-state index in [9.17, 15) is 55.9 Å². The maximum atomic E-state index is 11.5. The van der Waals surface area contributed by atoms with Crippen molar-refractivity contribution in [3.05, 3.63) is 0 Å². The second-order valence-corrected chi connectivity index (χ2v) is 9.07. The predicted molar refractivity (Wildman–Crippen MR) is 113 cm³/mol. The largest absolute Gasteiger partial charge is 0.394 e. The summed E-state index contributed by atoms with van der Waals surface area (Å²) in [6.45, 7) is -1.23. The third kappa shape index (κ3) is 6.38. The molecule has 3 fully saturated rings. The van der Waals surface area contributed by atoms with Crippen LogP contribution in [0.4, 0.5) is 0 Å². The highest BCUT2D eigenvalue weighted by Crippen LogP contribution is 2.32. The quantitative estimate of drug-likeness (QED) is 0.135. The first kappa shape index (κ1) is 30.4. The molecule has 0 aromatic heterocycles. The Labute approximate surface area is 210 Å². The van der Waals surface area contributed by atoms with Crippen LogP contribution in [0.1, 0.15) is 6.92 Å². The van der Waals surface area contributed by atoms with Crippen LogP contribution in [-0.4, -0.2) is 169 Å². The lowest BCUT2D eigenvalue weighted by molar-refractivity contribution is -0.375. The molecular weight excluding hydrogens is 510 g/mol. The van der Waals surface area contributed by atoms with Crippen molar-refractivity contribution in [2.75, 3.05) is 19.8 Å². The Kier molecular flexibility index (Phi) is 10.5. The van der Waals surface area contributed by atoms with Crippen LogP contribution in [0.25, 0.3) is 0 Å². The summed E-state index contributed by atoms with van der Waals surface area (Å²) in [5, 5.41) is 103. The highest BCUT2D eigenvalue weighted by molar-refractivity contribution is 5.73. The zero-order valence-electron chi connectivity index (χ0n) is 19.7. The Morgan fingerprint density at radius 2 is 1.16 bits per heavy atom. The summed E-state index contributed by atoms with van der Waals surface area (Å²) in [4.78, 5) is 11.5. The minimum Gasteiger partial charge on any atom is -0.394 e. The van der Waals surface area contributed by atoms with Gasteiger partial charge < -0.3 is 80.1 Å². The molecule has 3 heterocycles. The van der Waals surface area contributed by atoms with Crippen LogP contribution in [-0.2, 0) is 28.5 Å². The van der Waals surface area contributed by atoms with Gasteiger partial charge in [-0.15, -0.1) is 0 Å². The van der Waals surface area contributed by atoms with E-state index in [1.165, 1.54) is 0 Å². The average molecular weight is 545 g/mol. The molecule has 17 heteroatoms.